The van der Waals surface area contributed by atoms with Crippen LogP contribution in [-0.2, 0) is 6.18 Å². The Bertz CT molecular complexity index is 1290. The van der Waals surface area contributed by atoms with E-state index in [4.69, 9.17) is 4.52 Å². The Kier molecular flexibility index (Phi) is 5.60. The molecule has 0 aliphatic heterocycles. The van der Waals surface area contributed by atoms with Crippen LogP contribution in [-0.4, -0.2) is 20.0 Å². The molecule has 0 unspecified atom stereocenters. The molecule has 2 aromatic heterocycles. The van der Waals surface area contributed by atoms with Crippen molar-refractivity contribution in [3.05, 3.63) is 82.6 Å². The Morgan fingerprint density at radius 3 is 2.42 bits per heavy atom. The molecule has 2 aromatic carbocycles. The molecule has 0 aliphatic carbocycles. The van der Waals surface area contributed by atoms with Gasteiger partial charge in [-0.1, -0.05) is 17.3 Å². The maximum Gasteiger partial charge on any atom is 0.416 e. The average molecular weight is 460 g/mol. The van der Waals surface area contributed by atoms with Crippen molar-refractivity contribution in [3.8, 4) is 11.1 Å². The van der Waals surface area contributed by atoms with Crippen LogP contribution in [0.3, 0.4) is 0 Å². The molecule has 0 atom stereocenters. The maximum absolute atomic E-state index is 14.4. The van der Waals surface area contributed by atoms with Crippen LogP contribution in [0.25, 0.3) is 11.1 Å². The molecule has 0 fully saturated rings. The first-order chi connectivity index (χ1) is 15.7. The summed E-state index contributed by atoms with van der Waals surface area (Å²) < 4.78 is 57.8. The summed E-state index contributed by atoms with van der Waals surface area (Å²) in [5.74, 6) is -0.781. The van der Waals surface area contributed by atoms with Crippen LogP contribution in [0.5, 0.6) is 0 Å². The maximum atomic E-state index is 14.4. The Labute approximate surface area is 182 Å². The molecule has 2 N–H and O–H groups in total. The van der Waals surface area contributed by atoms with E-state index in [0.29, 0.717) is 11.3 Å². The number of nitrogens with one attached hydrogen (secondary N) is 2. The molecule has 0 saturated heterocycles. The molecule has 13 heteroatoms. The van der Waals surface area contributed by atoms with Crippen molar-refractivity contribution in [2.24, 2.45) is 0 Å². The number of halogens is 4. The predicted molar refractivity (Wildman–Crippen MR) is 109 cm³/mol. The monoisotopic (exact) mass is 460 g/mol. The summed E-state index contributed by atoms with van der Waals surface area (Å²) in [6, 6.07) is 7.08. The van der Waals surface area contributed by atoms with Crippen LogP contribution in [0, 0.1) is 15.9 Å². The summed E-state index contributed by atoms with van der Waals surface area (Å²) in [6.45, 7) is 0. The topological polar surface area (TPSA) is 119 Å². The van der Waals surface area contributed by atoms with Crippen molar-refractivity contribution in [1.82, 2.24) is 15.1 Å². The normalized spacial score (nSPS) is 11.3. The highest BCUT2D eigenvalue weighted by atomic mass is 19.4. The van der Waals surface area contributed by atoms with Crippen LogP contribution in [0.1, 0.15) is 5.56 Å². The molecule has 0 aliphatic rings. The standard InChI is InChI=1S/C20H12F4N6O3/c21-16-6-5-14(30(31)32)7-17(16)28-18-15(11-1-3-12(4-2-11)20(22,23)24)9-25-19(29-18)27-13-8-26-33-10-13/h1-10H,(H2,25,27,28,29). The number of benzene rings is 2. The molecule has 0 amide bonds. The number of alkyl halides is 3. The lowest BCUT2D eigenvalue weighted by molar-refractivity contribution is -0.384. The number of nitro benzene ring substituents is 1. The third kappa shape index (κ3) is 4.87. The van der Waals surface area contributed by atoms with E-state index in [1.807, 2.05) is 0 Å². The van der Waals surface area contributed by atoms with Crippen molar-refractivity contribution in [1.29, 1.82) is 0 Å². The lowest BCUT2D eigenvalue weighted by Gasteiger charge is -2.14. The highest BCUT2D eigenvalue weighted by Gasteiger charge is 2.30. The zero-order valence-corrected chi connectivity index (χ0v) is 16.3. The smallest absolute Gasteiger partial charge is 0.363 e. The largest absolute Gasteiger partial charge is 0.416 e. The summed E-state index contributed by atoms with van der Waals surface area (Å²) in [4.78, 5) is 18.7. The van der Waals surface area contributed by atoms with E-state index in [1.54, 1.807) is 0 Å². The molecule has 2 heterocycles. The van der Waals surface area contributed by atoms with E-state index in [9.17, 15) is 27.7 Å². The number of hydrogen-bond acceptors (Lipinski definition) is 8. The van der Waals surface area contributed by atoms with Gasteiger partial charge >= 0.3 is 6.18 Å². The van der Waals surface area contributed by atoms with E-state index < -0.39 is 22.5 Å². The zero-order chi connectivity index (χ0) is 23.6. The van der Waals surface area contributed by atoms with Gasteiger partial charge in [0.2, 0.25) is 5.95 Å². The lowest BCUT2D eigenvalue weighted by atomic mass is 10.1. The number of non-ortho nitro benzene ring substituents is 1. The van der Waals surface area contributed by atoms with Gasteiger partial charge in [0.1, 0.15) is 23.6 Å². The minimum Gasteiger partial charge on any atom is -0.363 e. The van der Waals surface area contributed by atoms with Gasteiger partial charge in [-0.25, -0.2) is 9.37 Å². The number of anilines is 4. The Hall–Kier alpha value is -4.55. The molecule has 0 bridgehead atoms. The number of rotatable bonds is 6. The molecule has 168 valence electrons. The highest BCUT2D eigenvalue weighted by molar-refractivity contribution is 5.79. The summed E-state index contributed by atoms with van der Waals surface area (Å²) in [5.41, 5.74) is -0.542. The van der Waals surface area contributed by atoms with Crippen molar-refractivity contribution >= 4 is 28.8 Å². The van der Waals surface area contributed by atoms with Gasteiger partial charge in [0.15, 0.2) is 0 Å². The second-order valence-corrected chi connectivity index (χ2v) is 6.62. The SMILES string of the molecule is O=[N+]([O-])c1ccc(F)c(Nc2nc(Nc3cnoc3)ncc2-c2ccc(C(F)(F)F)cc2)c1. The van der Waals surface area contributed by atoms with Crippen LogP contribution in [0.4, 0.5) is 46.4 Å². The molecule has 0 spiro atoms. The summed E-state index contributed by atoms with van der Waals surface area (Å²) >= 11 is 0. The van der Waals surface area contributed by atoms with Crippen molar-refractivity contribution < 1.29 is 27.0 Å². The van der Waals surface area contributed by atoms with E-state index in [0.717, 1.165) is 30.3 Å². The molecule has 4 rings (SSSR count). The second-order valence-electron chi connectivity index (χ2n) is 6.62. The molecular formula is C20H12F4N6O3. The van der Waals surface area contributed by atoms with Gasteiger partial charge in [-0.05, 0) is 23.8 Å². The zero-order valence-electron chi connectivity index (χ0n) is 16.3. The first kappa shape index (κ1) is 21.7. The van der Waals surface area contributed by atoms with Crippen molar-refractivity contribution in [3.63, 3.8) is 0 Å². The third-order valence-electron chi connectivity index (χ3n) is 4.41. The Morgan fingerprint density at radius 2 is 1.79 bits per heavy atom. The van der Waals surface area contributed by atoms with E-state index in [2.05, 4.69) is 25.8 Å². The summed E-state index contributed by atoms with van der Waals surface area (Å²) in [5, 5.41) is 20.0. The van der Waals surface area contributed by atoms with Gasteiger partial charge in [-0.3, -0.25) is 10.1 Å². The van der Waals surface area contributed by atoms with Crippen LogP contribution in [0.15, 0.2) is 65.6 Å². The number of aromatic nitrogens is 3. The second kappa shape index (κ2) is 8.53. The molecule has 4 aromatic rings. The Morgan fingerprint density at radius 1 is 1.03 bits per heavy atom. The quantitative estimate of drug-likeness (QED) is 0.214. The molecule has 0 saturated carbocycles. The fraction of sp³-hybridized carbons (Fsp3) is 0.0500. The fourth-order valence-electron chi connectivity index (χ4n) is 2.83. The minimum absolute atomic E-state index is 0.0110. The van der Waals surface area contributed by atoms with Gasteiger partial charge in [-0.15, -0.1) is 0 Å². The molecule has 0 radical (unpaired) electrons. The minimum atomic E-state index is -4.52. The van der Waals surface area contributed by atoms with Crippen LogP contribution in [0.2, 0.25) is 0 Å². The van der Waals surface area contributed by atoms with Gasteiger partial charge in [0.25, 0.3) is 5.69 Å². The molecule has 9 nitrogen and oxygen atoms in total. The Balaban J connectivity index is 1.76. The van der Waals surface area contributed by atoms with Gasteiger partial charge in [0, 0.05) is 23.9 Å². The first-order valence-electron chi connectivity index (χ1n) is 9.13. The van der Waals surface area contributed by atoms with Gasteiger partial charge in [0.05, 0.1) is 22.4 Å². The fourth-order valence-corrected chi connectivity index (χ4v) is 2.83. The van der Waals surface area contributed by atoms with Crippen LogP contribution < -0.4 is 10.6 Å². The first-order valence-corrected chi connectivity index (χ1v) is 9.13. The predicted octanol–water partition coefficient (Wildman–Crippen LogP) is 5.68. The number of nitro groups is 1. The molecule has 33 heavy (non-hydrogen) atoms. The third-order valence-corrected chi connectivity index (χ3v) is 4.41. The summed E-state index contributed by atoms with van der Waals surface area (Å²) in [6.07, 6.45) is -0.585. The van der Waals surface area contributed by atoms with Gasteiger partial charge in [-0.2, -0.15) is 18.2 Å². The lowest BCUT2D eigenvalue weighted by Crippen LogP contribution is -2.05. The van der Waals surface area contributed by atoms with E-state index >= 15 is 0 Å². The highest BCUT2D eigenvalue weighted by Crippen LogP contribution is 2.34. The molecular weight excluding hydrogens is 448 g/mol. The van der Waals surface area contributed by atoms with Crippen molar-refractivity contribution in [2.45, 2.75) is 6.18 Å². The van der Waals surface area contributed by atoms with Crippen LogP contribution >= 0.6 is 0 Å². The van der Waals surface area contributed by atoms with Crippen molar-refractivity contribution in [2.75, 3.05) is 10.6 Å². The van der Waals surface area contributed by atoms with Gasteiger partial charge < -0.3 is 15.2 Å². The van der Waals surface area contributed by atoms with E-state index in [1.165, 1.54) is 30.8 Å². The number of nitrogens with zero attached hydrogens (tertiary/aromatic N) is 4. The average Bonchev–Trinajstić information content (AvgIpc) is 3.28. The van der Waals surface area contributed by atoms with E-state index in [-0.39, 0.29) is 28.7 Å². The number of hydrogen-bond donors (Lipinski definition) is 2. The summed E-state index contributed by atoms with van der Waals surface area (Å²) in [7, 11) is 0.